The van der Waals surface area contributed by atoms with Gasteiger partial charge in [-0.25, -0.2) is 4.98 Å². The van der Waals surface area contributed by atoms with Crippen molar-refractivity contribution >= 4 is 5.91 Å². The Hall–Kier alpha value is -1.93. The Balaban J connectivity index is 1.86. The summed E-state index contributed by atoms with van der Waals surface area (Å²) in [5.74, 6) is -0.0136. The largest absolute Gasteiger partial charge is 0.368 e. The fraction of sp³-hybridized carbons (Fsp3) is 0.562. The van der Waals surface area contributed by atoms with Crippen LogP contribution in [0.4, 0.5) is 0 Å². The van der Waals surface area contributed by atoms with E-state index in [1.54, 1.807) is 12.1 Å². The molecule has 0 spiro atoms. The second kappa shape index (κ2) is 5.12. The van der Waals surface area contributed by atoms with E-state index in [0.29, 0.717) is 17.8 Å². The fourth-order valence-corrected chi connectivity index (χ4v) is 3.35. The first-order valence-corrected chi connectivity index (χ1v) is 7.35. The Labute approximate surface area is 124 Å². The Bertz CT molecular complexity index is 589. The van der Waals surface area contributed by atoms with Gasteiger partial charge in [-0.1, -0.05) is 0 Å². The van der Waals surface area contributed by atoms with E-state index in [2.05, 4.69) is 4.98 Å². The number of pyridine rings is 1. The number of hydrogen-bond acceptors (Lipinski definition) is 4. The molecule has 1 aromatic rings. The topological polar surface area (TPSA) is 66.2 Å². The molecule has 0 aromatic carbocycles. The number of nitriles is 1. The van der Waals surface area contributed by atoms with Crippen LogP contribution in [0.1, 0.15) is 49.2 Å². The van der Waals surface area contributed by atoms with E-state index < -0.39 is 0 Å². The van der Waals surface area contributed by atoms with Crippen molar-refractivity contribution in [2.75, 3.05) is 6.54 Å². The molecule has 0 bridgehead atoms. The molecule has 3 rings (SSSR count). The van der Waals surface area contributed by atoms with Gasteiger partial charge < -0.3 is 9.64 Å². The molecule has 2 heterocycles. The van der Waals surface area contributed by atoms with E-state index in [-0.39, 0.29) is 23.7 Å². The number of ether oxygens (including phenoxy) is 1. The van der Waals surface area contributed by atoms with Crippen LogP contribution in [0.15, 0.2) is 18.3 Å². The van der Waals surface area contributed by atoms with E-state index in [4.69, 9.17) is 10.00 Å². The molecule has 2 fully saturated rings. The molecular formula is C16H19N3O2. The summed E-state index contributed by atoms with van der Waals surface area (Å²) in [7, 11) is 0. The molecule has 1 aromatic heterocycles. The summed E-state index contributed by atoms with van der Waals surface area (Å²) in [4.78, 5) is 18.7. The Morgan fingerprint density at radius 3 is 2.95 bits per heavy atom. The van der Waals surface area contributed by atoms with Crippen LogP contribution >= 0.6 is 0 Å². The zero-order valence-corrected chi connectivity index (χ0v) is 12.4. The van der Waals surface area contributed by atoms with Gasteiger partial charge in [0.2, 0.25) is 0 Å². The second-order valence-electron chi connectivity index (χ2n) is 6.39. The highest BCUT2D eigenvalue weighted by molar-refractivity contribution is 5.94. The molecule has 0 N–H and O–H groups in total. The number of carbonyl (C=O) groups excluding carboxylic acids is 1. The summed E-state index contributed by atoms with van der Waals surface area (Å²) in [5, 5.41) is 8.78. The maximum atomic E-state index is 12.8. The minimum Gasteiger partial charge on any atom is -0.368 e. The summed E-state index contributed by atoms with van der Waals surface area (Å²) in [6, 6.07) is 5.40. The minimum atomic E-state index is -0.318. The van der Waals surface area contributed by atoms with Crippen LogP contribution in [0.2, 0.25) is 0 Å². The van der Waals surface area contributed by atoms with Crippen molar-refractivity contribution in [1.29, 1.82) is 5.26 Å². The summed E-state index contributed by atoms with van der Waals surface area (Å²) >= 11 is 0. The average Bonchev–Trinajstić information content (AvgIpc) is 2.92. The monoisotopic (exact) mass is 285 g/mol. The Kier molecular flexibility index (Phi) is 3.42. The minimum absolute atomic E-state index is 0.0136. The van der Waals surface area contributed by atoms with Crippen molar-refractivity contribution in [3.8, 4) is 6.07 Å². The summed E-state index contributed by atoms with van der Waals surface area (Å²) in [5.41, 5.74) is 0.547. The first-order chi connectivity index (χ1) is 10.00. The molecule has 0 radical (unpaired) electrons. The smallest absolute Gasteiger partial charge is 0.255 e. The molecule has 1 aliphatic carbocycles. The number of rotatable bonds is 1. The molecule has 1 amide bonds. The zero-order chi connectivity index (χ0) is 15.0. The van der Waals surface area contributed by atoms with Crippen molar-refractivity contribution in [2.24, 2.45) is 0 Å². The number of carbonyl (C=O) groups is 1. The second-order valence-corrected chi connectivity index (χ2v) is 6.39. The molecule has 5 nitrogen and oxygen atoms in total. The standard InChI is InChI=1S/C16H19N3O2/c1-16(2)10-19(13-4-3-5-14(13)21-16)15(20)11-6-7-12(8-17)18-9-11/h6-7,9,13-14H,3-5,10H2,1-2H3/t13-,14-/m1/s1. The normalized spacial score (nSPS) is 27.0. The summed E-state index contributed by atoms with van der Waals surface area (Å²) in [6.45, 7) is 4.64. The van der Waals surface area contributed by atoms with Gasteiger partial charge in [-0.3, -0.25) is 4.79 Å². The van der Waals surface area contributed by atoms with Gasteiger partial charge in [0.05, 0.1) is 23.3 Å². The molecule has 1 saturated heterocycles. The number of morpholine rings is 1. The predicted octanol–water partition coefficient (Wildman–Crippen LogP) is 2.13. The van der Waals surface area contributed by atoms with Crippen molar-refractivity contribution in [2.45, 2.75) is 50.9 Å². The number of nitrogens with zero attached hydrogens (tertiary/aromatic N) is 3. The van der Waals surface area contributed by atoms with Crippen molar-refractivity contribution in [3.63, 3.8) is 0 Å². The van der Waals surface area contributed by atoms with Crippen LogP contribution in [0.25, 0.3) is 0 Å². The lowest BCUT2D eigenvalue weighted by atomic mass is 10.00. The predicted molar refractivity (Wildman–Crippen MR) is 76.6 cm³/mol. The van der Waals surface area contributed by atoms with Crippen LogP contribution in [0, 0.1) is 11.3 Å². The van der Waals surface area contributed by atoms with Gasteiger partial charge in [-0.2, -0.15) is 5.26 Å². The molecular weight excluding hydrogens is 266 g/mol. The molecule has 2 atom stereocenters. The lowest BCUT2D eigenvalue weighted by Gasteiger charge is -2.46. The summed E-state index contributed by atoms with van der Waals surface area (Å²) in [6.07, 6.45) is 4.75. The van der Waals surface area contributed by atoms with Gasteiger partial charge in [0, 0.05) is 12.7 Å². The molecule has 2 aliphatic rings. The Morgan fingerprint density at radius 2 is 2.29 bits per heavy atom. The van der Waals surface area contributed by atoms with Gasteiger partial charge in [-0.15, -0.1) is 0 Å². The third-order valence-corrected chi connectivity index (χ3v) is 4.23. The van der Waals surface area contributed by atoms with Gasteiger partial charge in [0.15, 0.2) is 0 Å². The summed E-state index contributed by atoms with van der Waals surface area (Å²) < 4.78 is 6.10. The van der Waals surface area contributed by atoms with Crippen LogP contribution in [0.3, 0.4) is 0 Å². The zero-order valence-electron chi connectivity index (χ0n) is 12.4. The van der Waals surface area contributed by atoms with Crippen LogP contribution in [0.5, 0.6) is 0 Å². The number of fused-ring (bicyclic) bond motifs is 1. The van der Waals surface area contributed by atoms with E-state index in [1.807, 2.05) is 24.8 Å². The number of aromatic nitrogens is 1. The van der Waals surface area contributed by atoms with Crippen LogP contribution in [-0.2, 0) is 4.74 Å². The lowest BCUT2D eigenvalue weighted by molar-refractivity contribution is -0.142. The van der Waals surface area contributed by atoms with Gasteiger partial charge in [-0.05, 0) is 45.2 Å². The van der Waals surface area contributed by atoms with E-state index >= 15 is 0 Å². The van der Waals surface area contributed by atoms with Crippen LogP contribution in [-0.4, -0.2) is 40.1 Å². The SMILES string of the molecule is CC1(C)CN(C(=O)c2ccc(C#N)nc2)[C@@H]2CCC[C@H]2O1. The van der Waals surface area contributed by atoms with Crippen molar-refractivity contribution < 1.29 is 9.53 Å². The maximum absolute atomic E-state index is 12.8. The molecule has 21 heavy (non-hydrogen) atoms. The average molecular weight is 285 g/mol. The first kappa shape index (κ1) is 14.0. The molecule has 1 aliphatic heterocycles. The van der Waals surface area contributed by atoms with E-state index in [0.717, 1.165) is 19.3 Å². The third-order valence-electron chi connectivity index (χ3n) is 4.23. The highest BCUT2D eigenvalue weighted by Gasteiger charge is 2.45. The fourth-order valence-electron chi connectivity index (χ4n) is 3.35. The molecule has 110 valence electrons. The quantitative estimate of drug-likeness (QED) is 0.792. The first-order valence-electron chi connectivity index (χ1n) is 7.35. The highest BCUT2D eigenvalue weighted by atomic mass is 16.5. The highest BCUT2D eigenvalue weighted by Crippen LogP contribution is 2.36. The van der Waals surface area contributed by atoms with Gasteiger partial charge in [0.25, 0.3) is 5.91 Å². The maximum Gasteiger partial charge on any atom is 0.255 e. The van der Waals surface area contributed by atoms with Crippen molar-refractivity contribution in [3.05, 3.63) is 29.6 Å². The molecule has 5 heteroatoms. The number of hydrogen-bond donors (Lipinski definition) is 0. The van der Waals surface area contributed by atoms with E-state index in [1.165, 1.54) is 6.20 Å². The lowest BCUT2D eigenvalue weighted by Crippen LogP contribution is -2.58. The third kappa shape index (κ3) is 2.64. The molecule has 1 saturated carbocycles. The van der Waals surface area contributed by atoms with E-state index in [9.17, 15) is 4.79 Å². The molecule has 0 unspecified atom stereocenters. The van der Waals surface area contributed by atoms with Gasteiger partial charge >= 0.3 is 0 Å². The van der Waals surface area contributed by atoms with Gasteiger partial charge in [0.1, 0.15) is 11.8 Å². The Morgan fingerprint density at radius 1 is 1.48 bits per heavy atom. The number of amides is 1. The van der Waals surface area contributed by atoms with Crippen LogP contribution < -0.4 is 0 Å². The van der Waals surface area contributed by atoms with Crippen molar-refractivity contribution in [1.82, 2.24) is 9.88 Å².